The second kappa shape index (κ2) is 8.61. The number of nitrogens with zero attached hydrogens (tertiary/aromatic N) is 2. The van der Waals surface area contributed by atoms with Crippen LogP contribution in [0.5, 0.6) is 0 Å². The molecule has 1 aliphatic rings. The van der Waals surface area contributed by atoms with Crippen molar-refractivity contribution < 1.29 is 4.79 Å². The van der Waals surface area contributed by atoms with Crippen molar-refractivity contribution >= 4 is 51.5 Å². The molecule has 0 radical (unpaired) electrons. The second-order valence-corrected chi connectivity index (χ2v) is 8.18. The predicted molar refractivity (Wildman–Crippen MR) is 114 cm³/mol. The fourth-order valence-corrected chi connectivity index (χ4v) is 4.52. The van der Waals surface area contributed by atoms with Gasteiger partial charge in [-0.3, -0.25) is 9.48 Å². The molecule has 1 aromatic carbocycles. The Kier molecular flexibility index (Phi) is 6.42. The van der Waals surface area contributed by atoms with E-state index in [2.05, 4.69) is 15.7 Å². The van der Waals surface area contributed by atoms with Crippen molar-refractivity contribution in [3.8, 4) is 0 Å². The summed E-state index contributed by atoms with van der Waals surface area (Å²) in [5.74, 6) is 0.0114. The summed E-state index contributed by atoms with van der Waals surface area (Å²) < 4.78 is 1.97. The van der Waals surface area contributed by atoms with E-state index in [4.69, 9.17) is 11.6 Å². The maximum Gasteiger partial charge on any atom is 0.261 e. The van der Waals surface area contributed by atoms with E-state index in [1.54, 1.807) is 0 Å². The third-order valence-corrected chi connectivity index (χ3v) is 6.11. The minimum absolute atomic E-state index is 0. The fourth-order valence-electron chi connectivity index (χ4n) is 3.33. The van der Waals surface area contributed by atoms with Crippen LogP contribution in [-0.2, 0) is 6.54 Å². The molecule has 0 bridgehead atoms. The Balaban J connectivity index is 0.00000210. The van der Waals surface area contributed by atoms with Crippen LogP contribution in [0.3, 0.4) is 0 Å². The number of rotatable bonds is 4. The first-order valence-electron chi connectivity index (χ1n) is 8.83. The SMILES string of the molecule is Cc1nn(Cc2ccc(Cl)cc2)c2sc(C(=O)N[C@H]3CCCNC3)cc12.Cl. The maximum absolute atomic E-state index is 12.6. The van der Waals surface area contributed by atoms with Gasteiger partial charge in [-0.2, -0.15) is 5.10 Å². The second-order valence-electron chi connectivity index (χ2n) is 6.72. The quantitative estimate of drug-likeness (QED) is 0.664. The fraction of sp³-hybridized carbons (Fsp3) is 0.368. The summed E-state index contributed by atoms with van der Waals surface area (Å²) in [6, 6.07) is 9.96. The van der Waals surface area contributed by atoms with E-state index in [1.807, 2.05) is 41.9 Å². The molecule has 1 saturated heterocycles. The first-order valence-corrected chi connectivity index (χ1v) is 10.0. The molecule has 3 heterocycles. The van der Waals surface area contributed by atoms with Gasteiger partial charge in [-0.1, -0.05) is 23.7 Å². The highest BCUT2D eigenvalue weighted by Gasteiger charge is 2.20. The molecule has 144 valence electrons. The molecule has 0 spiro atoms. The van der Waals surface area contributed by atoms with Crippen LogP contribution < -0.4 is 10.6 Å². The van der Waals surface area contributed by atoms with Gasteiger partial charge in [-0.15, -0.1) is 23.7 Å². The number of nitrogens with one attached hydrogen (secondary N) is 2. The van der Waals surface area contributed by atoms with Crippen molar-refractivity contribution in [1.82, 2.24) is 20.4 Å². The molecule has 2 N–H and O–H groups in total. The third kappa shape index (κ3) is 4.46. The van der Waals surface area contributed by atoms with Crippen LogP contribution in [-0.4, -0.2) is 34.8 Å². The lowest BCUT2D eigenvalue weighted by molar-refractivity contribution is 0.0935. The normalized spacial score (nSPS) is 16.9. The molecule has 2 aromatic heterocycles. The lowest BCUT2D eigenvalue weighted by Gasteiger charge is -2.23. The molecule has 3 aromatic rings. The summed E-state index contributed by atoms with van der Waals surface area (Å²) in [5, 5.41) is 12.9. The van der Waals surface area contributed by atoms with Crippen LogP contribution in [0.4, 0.5) is 0 Å². The van der Waals surface area contributed by atoms with Crippen LogP contribution in [0.25, 0.3) is 10.2 Å². The summed E-state index contributed by atoms with van der Waals surface area (Å²) in [7, 11) is 0. The van der Waals surface area contributed by atoms with Crippen LogP contribution in [0.2, 0.25) is 5.02 Å². The molecule has 1 amide bonds. The van der Waals surface area contributed by atoms with Gasteiger partial charge in [0.2, 0.25) is 0 Å². The van der Waals surface area contributed by atoms with Gasteiger partial charge in [-0.05, 0) is 50.1 Å². The molecular weight excluding hydrogens is 403 g/mol. The first kappa shape index (κ1) is 20.1. The Morgan fingerprint density at radius 2 is 2.19 bits per heavy atom. The Morgan fingerprint density at radius 1 is 1.41 bits per heavy atom. The lowest BCUT2D eigenvalue weighted by atomic mass is 10.1. The molecule has 27 heavy (non-hydrogen) atoms. The summed E-state index contributed by atoms with van der Waals surface area (Å²) in [6.45, 7) is 4.53. The standard InChI is InChI=1S/C19H21ClN4OS.ClH/c1-12-16-9-17(18(25)22-15-3-2-8-21-10-15)26-19(16)24(23-12)11-13-4-6-14(20)7-5-13;/h4-7,9,15,21H,2-3,8,10-11H2,1H3,(H,22,25);1H/t15-;/m0./s1. The molecule has 8 heteroatoms. The number of hydrogen-bond acceptors (Lipinski definition) is 4. The number of fused-ring (bicyclic) bond motifs is 1. The van der Waals surface area contributed by atoms with E-state index in [9.17, 15) is 4.79 Å². The Bertz CT molecular complexity index is 929. The first-order chi connectivity index (χ1) is 12.6. The van der Waals surface area contributed by atoms with Gasteiger partial charge in [0.1, 0.15) is 4.83 Å². The molecule has 1 atom stereocenters. The smallest absolute Gasteiger partial charge is 0.261 e. The van der Waals surface area contributed by atoms with Gasteiger partial charge in [0.05, 0.1) is 17.1 Å². The average molecular weight is 425 g/mol. The van der Waals surface area contributed by atoms with Gasteiger partial charge in [-0.25, -0.2) is 0 Å². The van der Waals surface area contributed by atoms with Crippen molar-refractivity contribution in [2.24, 2.45) is 0 Å². The van der Waals surface area contributed by atoms with Crippen LogP contribution >= 0.6 is 35.3 Å². The summed E-state index contributed by atoms with van der Waals surface area (Å²) in [4.78, 5) is 14.4. The van der Waals surface area contributed by atoms with Crippen LogP contribution in [0.15, 0.2) is 30.3 Å². The van der Waals surface area contributed by atoms with Crippen molar-refractivity contribution in [2.45, 2.75) is 32.4 Å². The summed E-state index contributed by atoms with van der Waals surface area (Å²) in [6.07, 6.45) is 2.14. The third-order valence-electron chi connectivity index (χ3n) is 4.71. The molecule has 5 nitrogen and oxygen atoms in total. The minimum atomic E-state index is 0. The van der Waals surface area contributed by atoms with Crippen molar-refractivity contribution in [3.63, 3.8) is 0 Å². The Hall–Kier alpha value is -1.60. The summed E-state index contributed by atoms with van der Waals surface area (Å²) >= 11 is 7.47. The highest BCUT2D eigenvalue weighted by atomic mass is 35.5. The summed E-state index contributed by atoms with van der Waals surface area (Å²) in [5.41, 5.74) is 2.08. The van der Waals surface area contributed by atoms with Gasteiger partial charge < -0.3 is 10.6 Å². The van der Waals surface area contributed by atoms with E-state index in [0.717, 1.165) is 57.3 Å². The lowest BCUT2D eigenvalue weighted by Crippen LogP contribution is -2.45. The number of thiophene rings is 1. The largest absolute Gasteiger partial charge is 0.347 e. The number of carbonyl (C=O) groups excluding carboxylic acids is 1. The number of aryl methyl sites for hydroxylation is 1. The minimum Gasteiger partial charge on any atom is -0.347 e. The number of piperidine rings is 1. The van der Waals surface area contributed by atoms with E-state index in [-0.39, 0.29) is 24.4 Å². The number of hydrogen-bond donors (Lipinski definition) is 2. The highest BCUT2D eigenvalue weighted by molar-refractivity contribution is 7.20. The van der Waals surface area contributed by atoms with Crippen molar-refractivity contribution in [1.29, 1.82) is 0 Å². The molecule has 1 aliphatic heterocycles. The maximum atomic E-state index is 12.6. The highest BCUT2D eigenvalue weighted by Crippen LogP contribution is 2.29. The number of amides is 1. The Labute approximate surface area is 173 Å². The molecular formula is C19H22Cl2N4OS. The topological polar surface area (TPSA) is 59.0 Å². The van der Waals surface area contributed by atoms with Crippen LogP contribution in [0.1, 0.15) is 33.8 Å². The molecule has 4 rings (SSSR count). The molecule has 0 unspecified atom stereocenters. The number of carbonyl (C=O) groups is 1. The average Bonchev–Trinajstić information content (AvgIpc) is 3.20. The van der Waals surface area contributed by atoms with E-state index >= 15 is 0 Å². The van der Waals surface area contributed by atoms with Crippen molar-refractivity contribution in [3.05, 3.63) is 51.5 Å². The van der Waals surface area contributed by atoms with E-state index < -0.39 is 0 Å². The number of halogens is 2. The van der Waals surface area contributed by atoms with Gasteiger partial charge >= 0.3 is 0 Å². The zero-order valence-corrected chi connectivity index (χ0v) is 17.4. The number of aromatic nitrogens is 2. The molecule has 0 aliphatic carbocycles. The van der Waals surface area contributed by atoms with E-state index in [1.165, 1.54) is 11.3 Å². The van der Waals surface area contributed by atoms with Crippen molar-refractivity contribution in [2.75, 3.05) is 13.1 Å². The Morgan fingerprint density at radius 3 is 2.89 bits per heavy atom. The predicted octanol–water partition coefficient (Wildman–Crippen LogP) is 4.01. The van der Waals surface area contributed by atoms with E-state index in [0.29, 0.717) is 6.54 Å². The number of benzene rings is 1. The van der Waals surface area contributed by atoms with Gasteiger partial charge in [0.25, 0.3) is 5.91 Å². The molecule has 1 fully saturated rings. The monoisotopic (exact) mass is 424 g/mol. The zero-order chi connectivity index (χ0) is 18.1. The molecule has 0 saturated carbocycles. The van der Waals surface area contributed by atoms with Crippen LogP contribution in [0, 0.1) is 6.92 Å². The van der Waals surface area contributed by atoms with Gasteiger partial charge in [0, 0.05) is 23.0 Å². The zero-order valence-electron chi connectivity index (χ0n) is 15.0. The van der Waals surface area contributed by atoms with Gasteiger partial charge in [0.15, 0.2) is 0 Å².